The minimum absolute atomic E-state index is 0.641. The van der Waals surface area contributed by atoms with Gasteiger partial charge in [-0.15, -0.1) is 0 Å². The molecule has 3 nitrogen and oxygen atoms in total. The van der Waals surface area contributed by atoms with Gasteiger partial charge in [0.15, 0.2) is 11.9 Å². The van der Waals surface area contributed by atoms with E-state index in [1.807, 2.05) is 6.92 Å². The maximum atomic E-state index is 5.75. The molecule has 0 aliphatic heterocycles. The summed E-state index contributed by atoms with van der Waals surface area (Å²) in [5.41, 5.74) is 0.987. The van der Waals surface area contributed by atoms with Gasteiger partial charge in [-0.1, -0.05) is 11.6 Å². The van der Waals surface area contributed by atoms with E-state index in [-0.39, 0.29) is 0 Å². The molecule has 0 saturated carbocycles. The molecule has 12 heavy (non-hydrogen) atoms. The Kier molecular flexibility index (Phi) is 3.81. The van der Waals surface area contributed by atoms with Crippen LogP contribution in [0.4, 0.5) is 0 Å². The van der Waals surface area contributed by atoms with Gasteiger partial charge in [0.1, 0.15) is 9.92 Å². The van der Waals surface area contributed by atoms with Crippen molar-refractivity contribution in [2.24, 2.45) is 0 Å². The lowest BCUT2D eigenvalue weighted by atomic mass is 10.4. The van der Waals surface area contributed by atoms with Crippen molar-refractivity contribution >= 4 is 23.6 Å². The van der Waals surface area contributed by atoms with Crippen LogP contribution in [0.15, 0.2) is 17.2 Å². The molecule has 0 aliphatic rings. The Hall–Kier alpha value is -0.290. The largest absolute Gasteiger partial charge is 0.227 e. The zero-order valence-electron chi connectivity index (χ0n) is 6.76. The quantitative estimate of drug-likeness (QED) is 0.431. The number of pyridine rings is 1. The third-order valence-electron chi connectivity index (χ3n) is 1.26. The lowest BCUT2D eigenvalue weighted by Gasteiger charge is -1.97. The second-order valence-corrected chi connectivity index (χ2v) is 3.30. The minimum Gasteiger partial charge on any atom is -0.227 e. The molecule has 1 N–H and O–H groups in total. The van der Waals surface area contributed by atoms with Crippen LogP contribution in [0, 0.1) is 6.92 Å². The summed E-state index contributed by atoms with van der Waals surface area (Å²) in [6.45, 7) is 1.93. The van der Waals surface area contributed by atoms with E-state index in [9.17, 15) is 0 Å². The summed E-state index contributed by atoms with van der Waals surface area (Å²) in [6.07, 6.45) is 1.72. The van der Waals surface area contributed by atoms with Crippen LogP contribution >= 0.6 is 23.6 Å². The Morgan fingerprint density at radius 2 is 2.33 bits per heavy atom. The first-order chi connectivity index (χ1) is 5.74. The predicted octanol–water partition coefficient (Wildman–Crippen LogP) is 2.05. The van der Waals surface area contributed by atoms with E-state index < -0.39 is 0 Å². The van der Waals surface area contributed by atoms with Crippen LogP contribution in [0.3, 0.4) is 0 Å². The standard InChI is InChI=1S/C7H8ClNO2S/c1-5-7(12-11-10-2)3-6(8)4-9-5/h3-4H,1-2H3/p+1. The van der Waals surface area contributed by atoms with Crippen LogP contribution in [-0.2, 0) is 9.22 Å². The Morgan fingerprint density at radius 3 is 3.00 bits per heavy atom. The highest BCUT2D eigenvalue weighted by molar-refractivity contribution is 7.94. The Labute approximate surface area is 80.2 Å². The second kappa shape index (κ2) is 4.67. The van der Waals surface area contributed by atoms with E-state index in [1.54, 1.807) is 12.3 Å². The van der Waals surface area contributed by atoms with Gasteiger partial charge in [-0.2, -0.15) is 4.33 Å². The molecule has 1 aromatic heterocycles. The van der Waals surface area contributed by atoms with Gasteiger partial charge in [0, 0.05) is 6.92 Å². The Morgan fingerprint density at radius 1 is 1.58 bits per heavy atom. The molecule has 0 aliphatic carbocycles. The maximum absolute atomic E-state index is 5.75. The smallest absolute Gasteiger partial charge is 0.192 e. The number of hydrogen-bond donors (Lipinski definition) is 0. The number of aromatic amines is 1. The number of hydrogen-bond acceptors (Lipinski definition) is 3. The van der Waals surface area contributed by atoms with E-state index >= 15 is 0 Å². The van der Waals surface area contributed by atoms with Gasteiger partial charge in [-0.3, -0.25) is 0 Å². The van der Waals surface area contributed by atoms with Crippen LogP contribution in [0.1, 0.15) is 5.69 Å². The lowest BCUT2D eigenvalue weighted by Crippen LogP contribution is -2.07. The Bertz CT molecular complexity index is 270. The summed E-state index contributed by atoms with van der Waals surface area (Å²) in [7, 11) is 1.45. The number of halogens is 1. The summed E-state index contributed by atoms with van der Waals surface area (Å²) < 4.78 is 4.69. The van der Waals surface area contributed by atoms with Crippen LogP contribution in [-0.4, -0.2) is 7.11 Å². The fourth-order valence-electron chi connectivity index (χ4n) is 0.681. The van der Waals surface area contributed by atoms with Crippen molar-refractivity contribution in [1.29, 1.82) is 0 Å². The van der Waals surface area contributed by atoms with E-state index in [4.69, 9.17) is 15.9 Å². The summed E-state index contributed by atoms with van der Waals surface area (Å²) >= 11 is 6.88. The molecule has 0 amide bonds. The highest BCUT2D eigenvalue weighted by Gasteiger charge is 2.07. The van der Waals surface area contributed by atoms with Crippen molar-refractivity contribution in [2.75, 3.05) is 7.11 Å². The Balaban J connectivity index is 2.75. The van der Waals surface area contributed by atoms with Crippen LogP contribution in [0.25, 0.3) is 0 Å². The monoisotopic (exact) mass is 206 g/mol. The molecule has 5 heteroatoms. The minimum atomic E-state index is 0.641. The summed E-state index contributed by atoms with van der Waals surface area (Å²) in [4.78, 5) is 8.34. The molecule has 1 aromatic rings. The van der Waals surface area contributed by atoms with Crippen LogP contribution < -0.4 is 4.98 Å². The van der Waals surface area contributed by atoms with Crippen molar-refractivity contribution in [2.45, 2.75) is 11.8 Å². The zero-order valence-corrected chi connectivity index (χ0v) is 8.33. The molecule has 0 radical (unpaired) electrons. The average Bonchev–Trinajstić information content (AvgIpc) is 2.07. The molecule has 0 spiro atoms. The van der Waals surface area contributed by atoms with Crippen LogP contribution in [0.2, 0.25) is 5.02 Å². The van der Waals surface area contributed by atoms with Gasteiger partial charge in [0.25, 0.3) is 0 Å². The molecule has 0 unspecified atom stereocenters. The molecule has 66 valence electrons. The number of H-pyrrole nitrogens is 1. The maximum Gasteiger partial charge on any atom is 0.192 e. The van der Waals surface area contributed by atoms with Gasteiger partial charge in [0.2, 0.25) is 0 Å². The van der Waals surface area contributed by atoms with Gasteiger partial charge < -0.3 is 0 Å². The van der Waals surface area contributed by atoms with E-state index in [1.165, 1.54) is 7.11 Å². The molecular weight excluding hydrogens is 198 g/mol. The first kappa shape index (κ1) is 9.80. The predicted molar refractivity (Wildman–Crippen MR) is 46.7 cm³/mol. The molecule has 1 heterocycles. The molecule has 0 atom stereocenters. The number of rotatable bonds is 3. The van der Waals surface area contributed by atoms with Gasteiger partial charge in [0.05, 0.1) is 19.2 Å². The third-order valence-corrected chi connectivity index (χ3v) is 2.28. The van der Waals surface area contributed by atoms with Crippen molar-refractivity contribution in [3.05, 3.63) is 23.0 Å². The number of aryl methyl sites for hydroxylation is 1. The summed E-state index contributed by atoms with van der Waals surface area (Å²) in [6, 6.07) is 1.80. The summed E-state index contributed by atoms with van der Waals surface area (Å²) in [5, 5.41) is 0.641. The highest BCUT2D eigenvalue weighted by Crippen LogP contribution is 2.22. The molecule has 0 aromatic carbocycles. The topological polar surface area (TPSA) is 32.6 Å². The average molecular weight is 207 g/mol. The summed E-state index contributed by atoms with van der Waals surface area (Å²) in [5.74, 6) is 0. The van der Waals surface area contributed by atoms with Crippen molar-refractivity contribution in [3.63, 3.8) is 0 Å². The second-order valence-electron chi connectivity index (χ2n) is 2.13. The van der Waals surface area contributed by atoms with E-state index in [2.05, 4.69) is 9.87 Å². The fourth-order valence-corrected chi connectivity index (χ4v) is 1.41. The SMILES string of the molecule is COOSc1cc(Cl)c[nH+]c1C. The zero-order chi connectivity index (χ0) is 8.97. The first-order valence-electron chi connectivity index (χ1n) is 3.29. The van der Waals surface area contributed by atoms with Gasteiger partial charge >= 0.3 is 0 Å². The fraction of sp³-hybridized carbons (Fsp3) is 0.286. The van der Waals surface area contributed by atoms with Crippen molar-refractivity contribution in [1.82, 2.24) is 0 Å². The molecule has 0 saturated heterocycles. The van der Waals surface area contributed by atoms with Crippen molar-refractivity contribution in [3.8, 4) is 0 Å². The normalized spacial score (nSPS) is 10.2. The lowest BCUT2D eigenvalue weighted by molar-refractivity contribution is -0.390. The number of aromatic nitrogens is 1. The van der Waals surface area contributed by atoms with Crippen LogP contribution in [0.5, 0.6) is 0 Å². The first-order valence-corrected chi connectivity index (χ1v) is 4.41. The number of nitrogens with one attached hydrogen (secondary N) is 1. The van der Waals surface area contributed by atoms with Gasteiger partial charge in [-0.25, -0.2) is 9.87 Å². The molecule has 1 rings (SSSR count). The van der Waals surface area contributed by atoms with Gasteiger partial charge in [-0.05, 0) is 6.07 Å². The van der Waals surface area contributed by atoms with Crippen molar-refractivity contribution < 1.29 is 14.2 Å². The molecular formula is C7H9ClNO2S+. The molecule has 0 fully saturated rings. The van der Waals surface area contributed by atoms with E-state index in [0.29, 0.717) is 5.02 Å². The highest BCUT2D eigenvalue weighted by atomic mass is 35.5. The van der Waals surface area contributed by atoms with E-state index in [0.717, 1.165) is 22.6 Å². The third kappa shape index (κ3) is 2.64. The molecule has 0 bridgehead atoms.